The summed E-state index contributed by atoms with van der Waals surface area (Å²) in [7, 11) is 0. The van der Waals surface area contributed by atoms with Crippen molar-refractivity contribution < 1.29 is 0 Å². The number of hydrogen-bond donors (Lipinski definition) is 1. The van der Waals surface area contributed by atoms with Crippen molar-refractivity contribution in [1.29, 1.82) is 0 Å². The first-order valence-electron chi connectivity index (χ1n) is 7.67. The van der Waals surface area contributed by atoms with Crippen molar-refractivity contribution in [2.45, 2.75) is 19.9 Å². The first-order valence-corrected chi connectivity index (χ1v) is 7.67. The molecule has 0 saturated carbocycles. The van der Waals surface area contributed by atoms with E-state index in [2.05, 4.69) is 50.9 Å². The summed E-state index contributed by atoms with van der Waals surface area (Å²) in [6.07, 6.45) is 3.47. The highest BCUT2D eigenvalue weighted by Gasteiger charge is 2.34. The predicted octanol–water partition coefficient (Wildman–Crippen LogP) is 1.68. The molecular weight excluding hydrogens is 248 g/mol. The maximum atomic E-state index is 4.67. The van der Waals surface area contributed by atoms with Crippen LogP contribution in [0.25, 0.3) is 5.65 Å². The number of aromatic nitrogens is 2. The van der Waals surface area contributed by atoms with Crippen LogP contribution in [0.4, 0.5) is 0 Å². The van der Waals surface area contributed by atoms with Gasteiger partial charge in [0.05, 0.1) is 11.4 Å². The van der Waals surface area contributed by atoms with Gasteiger partial charge in [-0.25, -0.2) is 4.98 Å². The fraction of sp³-hybridized carbons (Fsp3) is 0.562. The van der Waals surface area contributed by atoms with E-state index in [0.717, 1.165) is 24.0 Å². The van der Waals surface area contributed by atoms with Crippen molar-refractivity contribution in [2.75, 3.05) is 26.2 Å². The minimum absolute atomic E-state index is 0.850. The molecule has 4 rings (SSSR count). The van der Waals surface area contributed by atoms with E-state index in [1.54, 1.807) is 0 Å². The number of rotatable bonds is 2. The summed E-state index contributed by atoms with van der Waals surface area (Å²) in [6, 6.07) is 6.23. The minimum Gasteiger partial charge on any atom is -0.316 e. The summed E-state index contributed by atoms with van der Waals surface area (Å²) in [5, 5.41) is 3.53. The van der Waals surface area contributed by atoms with Gasteiger partial charge in [0, 0.05) is 25.8 Å². The van der Waals surface area contributed by atoms with Crippen LogP contribution >= 0.6 is 0 Å². The molecule has 106 valence electrons. The second-order valence-electron chi connectivity index (χ2n) is 6.28. The Morgan fingerprint density at radius 1 is 1.30 bits per heavy atom. The summed E-state index contributed by atoms with van der Waals surface area (Å²) in [6.45, 7) is 8.05. The summed E-state index contributed by atoms with van der Waals surface area (Å²) in [5.41, 5.74) is 3.59. The van der Waals surface area contributed by atoms with Crippen LogP contribution in [-0.2, 0) is 6.54 Å². The van der Waals surface area contributed by atoms with Gasteiger partial charge in [-0.3, -0.25) is 4.90 Å². The lowest BCUT2D eigenvalue weighted by molar-refractivity contribution is 0.308. The van der Waals surface area contributed by atoms with Crippen LogP contribution in [0.3, 0.4) is 0 Å². The van der Waals surface area contributed by atoms with Gasteiger partial charge in [0.25, 0.3) is 0 Å². The zero-order valence-corrected chi connectivity index (χ0v) is 12.0. The van der Waals surface area contributed by atoms with Gasteiger partial charge in [0.15, 0.2) is 0 Å². The van der Waals surface area contributed by atoms with Crippen molar-refractivity contribution in [3.63, 3.8) is 0 Å². The van der Waals surface area contributed by atoms with Gasteiger partial charge in [0.2, 0.25) is 0 Å². The first-order chi connectivity index (χ1) is 9.81. The molecule has 4 nitrogen and oxygen atoms in total. The van der Waals surface area contributed by atoms with E-state index in [1.807, 2.05) is 0 Å². The molecule has 2 atom stereocenters. The molecule has 0 spiro atoms. The Labute approximate surface area is 119 Å². The van der Waals surface area contributed by atoms with Gasteiger partial charge in [0.1, 0.15) is 5.65 Å². The van der Waals surface area contributed by atoms with E-state index in [4.69, 9.17) is 0 Å². The monoisotopic (exact) mass is 270 g/mol. The number of nitrogens with one attached hydrogen (secondary N) is 1. The van der Waals surface area contributed by atoms with Gasteiger partial charge >= 0.3 is 0 Å². The van der Waals surface area contributed by atoms with E-state index < -0.39 is 0 Å². The lowest BCUT2D eigenvalue weighted by Gasteiger charge is -2.24. The van der Waals surface area contributed by atoms with Crippen molar-refractivity contribution in [2.24, 2.45) is 11.8 Å². The second-order valence-corrected chi connectivity index (χ2v) is 6.28. The molecule has 4 heteroatoms. The second kappa shape index (κ2) is 4.86. The van der Waals surface area contributed by atoms with Crippen LogP contribution in [0.15, 0.2) is 24.4 Å². The van der Waals surface area contributed by atoms with Gasteiger partial charge < -0.3 is 9.72 Å². The molecule has 2 aliphatic rings. The van der Waals surface area contributed by atoms with Crippen molar-refractivity contribution in [3.05, 3.63) is 35.8 Å². The third-order valence-electron chi connectivity index (χ3n) is 4.95. The molecule has 0 unspecified atom stereocenters. The summed E-state index contributed by atoms with van der Waals surface area (Å²) in [4.78, 5) is 7.29. The van der Waals surface area contributed by atoms with Crippen molar-refractivity contribution in [1.82, 2.24) is 19.6 Å². The largest absolute Gasteiger partial charge is 0.316 e. The molecule has 0 aliphatic carbocycles. The summed E-state index contributed by atoms with van der Waals surface area (Å²) in [5.74, 6) is 1.75. The summed E-state index contributed by atoms with van der Waals surface area (Å²) >= 11 is 0. The lowest BCUT2D eigenvalue weighted by atomic mass is 9.90. The quantitative estimate of drug-likeness (QED) is 0.901. The van der Waals surface area contributed by atoms with E-state index in [1.165, 1.54) is 44.0 Å². The van der Waals surface area contributed by atoms with Gasteiger partial charge in [-0.05, 0) is 50.4 Å². The fourth-order valence-corrected chi connectivity index (χ4v) is 3.86. The van der Waals surface area contributed by atoms with Crippen LogP contribution in [0.5, 0.6) is 0 Å². The molecule has 2 saturated heterocycles. The number of nitrogens with zero attached hydrogens (tertiary/aromatic N) is 3. The van der Waals surface area contributed by atoms with Crippen LogP contribution in [-0.4, -0.2) is 40.5 Å². The molecule has 2 aromatic rings. The lowest BCUT2D eigenvalue weighted by Crippen LogP contribution is -2.35. The number of hydrogen-bond acceptors (Lipinski definition) is 3. The number of imidazole rings is 1. The number of pyridine rings is 1. The molecule has 2 aliphatic heterocycles. The Balaban J connectivity index is 1.57. The maximum Gasteiger partial charge on any atom is 0.137 e. The van der Waals surface area contributed by atoms with Crippen LogP contribution in [0.2, 0.25) is 0 Å². The average molecular weight is 270 g/mol. The molecule has 20 heavy (non-hydrogen) atoms. The molecule has 0 aromatic carbocycles. The average Bonchev–Trinajstić information content (AvgIpc) is 3.00. The maximum absolute atomic E-state index is 4.67. The molecular formula is C16H22N4. The van der Waals surface area contributed by atoms with Crippen molar-refractivity contribution >= 4 is 5.65 Å². The highest BCUT2D eigenvalue weighted by atomic mass is 15.2. The first kappa shape index (κ1) is 12.4. The third kappa shape index (κ3) is 2.03. The van der Waals surface area contributed by atoms with Gasteiger partial charge in [-0.2, -0.15) is 0 Å². The van der Waals surface area contributed by atoms with Crippen LogP contribution in [0, 0.1) is 18.8 Å². The molecule has 0 amide bonds. The number of piperidine rings is 1. The number of fused-ring (bicyclic) bond motifs is 2. The normalized spacial score (nSPS) is 27.1. The molecule has 2 fully saturated rings. The zero-order valence-electron chi connectivity index (χ0n) is 12.0. The summed E-state index contributed by atoms with van der Waals surface area (Å²) < 4.78 is 2.25. The topological polar surface area (TPSA) is 32.6 Å². The van der Waals surface area contributed by atoms with E-state index in [-0.39, 0.29) is 0 Å². The Hall–Kier alpha value is -1.39. The molecule has 0 radical (unpaired) electrons. The van der Waals surface area contributed by atoms with E-state index >= 15 is 0 Å². The molecule has 4 heterocycles. The predicted molar refractivity (Wildman–Crippen MR) is 79.7 cm³/mol. The van der Waals surface area contributed by atoms with Crippen LogP contribution < -0.4 is 5.32 Å². The minimum atomic E-state index is 0.850. The number of likely N-dealkylation sites (tertiary alicyclic amines) is 1. The van der Waals surface area contributed by atoms with Gasteiger partial charge in [-0.1, -0.05) is 6.07 Å². The smallest absolute Gasteiger partial charge is 0.137 e. The standard InChI is InChI=1S/C16H22N4/c1-12-15(20-7-3-2-4-16(20)18-12)11-19-9-13-5-6-17-8-14(13)10-19/h2-4,7,13-14,17H,5-6,8-11H2,1H3/t13-,14+/m0/s1. The Morgan fingerprint density at radius 3 is 3.10 bits per heavy atom. The fourth-order valence-electron chi connectivity index (χ4n) is 3.86. The zero-order chi connectivity index (χ0) is 13.5. The van der Waals surface area contributed by atoms with E-state index in [0.29, 0.717) is 0 Å². The SMILES string of the molecule is Cc1nc2ccccn2c1CN1C[C@H]2CNCC[C@H]2C1. The van der Waals surface area contributed by atoms with Crippen LogP contribution in [0.1, 0.15) is 17.8 Å². The molecule has 1 N–H and O–H groups in total. The highest BCUT2D eigenvalue weighted by molar-refractivity contribution is 5.42. The highest BCUT2D eigenvalue weighted by Crippen LogP contribution is 2.29. The Kier molecular flexibility index (Phi) is 3.00. The molecule has 0 bridgehead atoms. The Bertz CT molecular complexity index is 604. The third-order valence-corrected chi connectivity index (χ3v) is 4.95. The number of aryl methyl sites for hydroxylation is 1. The Morgan fingerprint density at radius 2 is 2.20 bits per heavy atom. The van der Waals surface area contributed by atoms with E-state index in [9.17, 15) is 0 Å². The van der Waals surface area contributed by atoms with Gasteiger partial charge in [-0.15, -0.1) is 0 Å². The van der Waals surface area contributed by atoms with Crippen molar-refractivity contribution in [3.8, 4) is 0 Å². The molecule has 2 aromatic heterocycles.